The molecule has 8 N–H and O–H groups in total. The van der Waals surface area contributed by atoms with Gasteiger partial charge in [-0.25, -0.2) is 14.4 Å². The van der Waals surface area contributed by atoms with Crippen molar-refractivity contribution in [2.75, 3.05) is 33.0 Å². The van der Waals surface area contributed by atoms with Gasteiger partial charge in [0.1, 0.15) is 36.3 Å². The highest BCUT2D eigenvalue weighted by Gasteiger charge is 2.26. The topological polar surface area (TPSA) is 335 Å². The molecule has 0 fully saturated rings. The Kier molecular flexibility index (Phi) is 36.6. The second kappa shape index (κ2) is 39.7. The molecule has 4 atom stereocenters. The van der Waals surface area contributed by atoms with Crippen LogP contribution in [0.1, 0.15) is 174 Å². The molecule has 68 heavy (non-hydrogen) atoms. The van der Waals surface area contributed by atoms with E-state index in [0.717, 1.165) is 38.5 Å². The molecule has 0 spiro atoms. The lowest BCUT2D eigenvalue weighted by atomic mass is 9.97. The summed E-state index contributed by atoms with van der Waals surface area (Å²) >= 11 is 0. The molecule has 4 amide bonds. The molecule has 0 bridgehead atoms. The van der Waals surface area contributed by atoms with Crippen LogP contribution in [0.4, 0.5) is 0 Å². The Morgan fingerprint density at radius 2 is 0.765 bits per heavy atom. The van der Waals surface area contributed by atoms with Crippen LogP contribution < -0.4 is 21.3 Å². The van der Waals surface area contributed by atoms with Crippen molar-refractivity contribution in [2.45, 2.75) is 192 Å². The quantitative estimate of drug-likeness (QED) is 0.0399. The monoisotopic (exact) mass is 971 g/mol. The van der Waals surface area contributed by atoms with Crippen molar-refractivity contribution in [2.24, 2.45) is 5.92 Å². The second-order valence-electron chi connectivity index (χ2n) is 17.2. The molecular weight excluding hydrogens is 893 g/mol. The first-order chi connectivity index (χ1) is 32.3. The van der Waals surface area contributed by atoms with Gasteiger partial charge in [0.05, 0.1) is 25.7 Å². The number of Topliss-reactive ketones (excluding diaryl/α,β-unsaturated/α-hetero) is 3. The van der Waals surface area contributed by atoms with Gasteiger partial charge in [0, 0.05) is 51.5 Å². The maximum absolute atomic E-state index is 12.5. The van der Waals surface area contributed by atoms with Crippen molar-refractivity contribution in [1.29, 1.82) is 0 Å². The normalized spacial score (nSPS) is 12.7. The third kappa shape index (κ3) is 36.8. The van der Waals surface area contributed by atoms with Crippen LogP contribution >= 0.6 is 0 Å². The van der Waals surface area contributed by atoms with Gasteiger partial charge in [-0.1, -0.05) is 77.0 Å². The third-order valence-corrected chi connectivity index (χ3v) is 10.9. The molecule has 0 heterocycles. The number of nitrogens with one attached hydrogen (secondary N) is 4. The molecule has 0 saturated heterocycles. The zero-order valence-electron chi connectivity index (χ0n) is 40.1. The Morgan fingerprint density at radius 1 is 0.397 bits per heavy atom. The van der Waals surface area contributed by atoms with Crippen molar-refractivity contribution in [3.8, 4) is 0 Å². The van der Waals surface area contributed by atoms with Crippen LogP contribution in [0.15, 0.2) is 0 Å². The van der Waals surface area contributed by atoms with E-state index in [1.54, 1.807) is 6.92 Å². The van der Waals surface area contributed by atoms with Crippen LogP contribution in [0, 0.1) is 5.92 Å². The lowest BCUT2D eigenvalue weighted by Crippen LogP contribution is -2.44. The van der Waals surface area contributed by atoms with Gasteiger partial charge in [0.2, 0.25) is 23.6 Å². The van der Waals surface area contributed by atoms with Gasteiger partial charge < -0.3 is 60.8 Å². The molecule has 0 aliphatic heterocycles. The summed E-state index contributed by atoms with van der Waals surface area (Å²) in [7, 11) is 0. The van der Waals surface area contributed by atoms with E-state index in [0.29, 0.717) is 12.8 Å². The van der Waals surface area contributed by atoms with Crippen molar-refractivity contribution in [3.05, 3.63) is 0 Å². The fourth-order valence-corrected chi connectivity index (χ4v) is 6.96. The minimum atomic E-state index is -1.43. The van der Waals surface area contributed by atoms with Gasteiger partial charge in [-0.15, -0.1) is 0 Å². The number of unbranched alkanes of at least 4 members (excludes halogenated alkanes) is 13. The lowest BCUT2D eigenvalue weighted by molar-refractivity contribution is -0.145. The number of carbonyl (C=O) groups excluding carboxylic acids is 7. The summed E-state index contributed by atoms with van der Waals surface area (Å²) in [6.07, 6.45) is 13.7. The number of carboxylic acid groups (broad SMARTS) is 4. The van der Waals surface area contributed by atoms with Gasteiger partial charge in [-0.3, -0.25) is 28.8 Å². The second-order valence-corrected chi connectivity index (χ2v) is 17.2. The van der Waals surface area contributed by atoms with Crippen LogP contribution in [0.5, 0.6) is 0 Å². The Hall–Kier alpha value is -5.31. The van der Waals surface area contributed by atoms with Gasteiger partial charge in [-0.2, -0.15) is 0 Å². The maximum atomic E-state index is 12.5. The fraction of sp³-hybridized carbons (Fsp3) is 0.766. The summed E-state index contributed by atoms with van der Waals surface area (Å²) in [6, 6.07) is -4.08. The minimum Gasteiger partial charge on any atom is -0.481 e. The van der Waals surface area contributed by atoms with Crippen molar-refractivity contribution < 1.29 is 82.6 Å². The first kappa shape index (κ1) is 62.7. The van der Waals surface area contributed by atoms with Crippen LogP contribution in [0.2, 0.25) is 0 Å². The van der Waals surface area contributed by atoms with Gasteiger partial charge in [0.15, 0.2) is 5.78 Å². The number of rotatable bonds is 46. The van der Waals surface area contributed by atoms with E-state index in [9.17, 15) is 73.2 Å². The Morgan fingerprint density at radius 3 is 1.19 bits per heavy atom. The maximum Gasteiger partial charge on any atom is 0.326 e. The number of amides is 4. The average molecular weight is 971 g/mol. The predicted octanol–water partition coefficient (Wildman–Crippen LogP) is 4.04. The molecule has 0 aliphatic rings. The Balaban J connectivity index is 4.23. The van der Waals surface area contributed by atoms with E-state index >= 15 is 0 Å². The summed E-state index contributed by atoms with van der Waals surface area (Å²) in [6.45, 7) is 2.50. The molecule has 21 nitrogen and oxygen atoms in total. The molecule has 0 aliphatic carbocycles. The molecule has 0 aromatic carbocycles. The average Bonchev–Trinajstić information content (AvgIpc) is 3.26. The number of ether oxygens (including phenoxy) is 2. The fourth-order valence-electron chi connectivity index (χ4n) is 6.96. The minimum absolute atomic E-state index is 0.00814. The molecule has 0 aromatic rings. The molecule has 0 radical (unpaired) electrons. The van der Waals surface area contributed by atoms with Crippen LogP contribution in [0.3, 0.4) is 0 Å². The molecule has 0 unspecified atom stereocenters. The number of aliphatic carboxylic acids is 4. The van der Waals surface area contributed by atoms with E-state index < -0.39 is 90.4 Å². The summed E-state index contributed by atoms with van der Waals surface area (Å²) in [5.41, 5.74) is 0. The summed E-state index contributed by atoms with van der Waals surface area (Å²) < 4.78 is 10.5. The number of carboxylic acids is 4. The van der Waals surface area contributed by atoms with E-state index in [-0.39, 0.29) is 95.7 Å². The lowest BCUT2D eigenvalue weighted by Gasteiger charge is -2.17. The SMILES string of the molecule is CC(=O)CCCCCCCCCCCCCCCCC(=O)N[C@@H](CCC(=O)N[C@@H](CCC(=O)NCCOCCOCC(=O)C[C@@H](CCC(=O)N[C@@H](CCC(C)=O)C(=O)O)C(=O)O)C(=O)O)C(=O)O. The molecule has 0 aromatic heterocycles. The van der Waals surface area contributed by atoms with Crippen molar-refractivity contribution in [3.63, 3.8) is 0 Å². The largest absolute Gasteiger partial charge is 0.481 e. The van der Waals surface area contributed by atoms with E-state index in [1.807, 2.05) is 0 Å². The first-order valence-corrected chi connectivity index (χ1v) is 24.0. The zero-order valence-corrected chi connectivity index (χ0v) is 40.1. The Labute approximate surface area is 399 Å². The molecule has 21 heteroatoms. The summed E-state index contributed by atoms with van der Waals surface area (Å²) in [5.74, 6) is -9.62. The summed E-state index contributed by atoms with van der Waals surface area (Å²) in [4.78, 5) is 130. The standard InChI is InChI=1S/C47H78N4O17/c1-33(52)17-15-13-11-9-7-5-3-4-6-8-10-12-14-16-18-41(56)49-39(47(65)66)23-26-43(58)51-38(46(63)64)22-25-40(55)48-27-28-67-29-30-68-32-36(54)31-35(44(59)60)20-24-42(57)50-37(45(61)62)21-19-34(2)53/h35,37-39H,3-32H2,1-2H3,(H,48,55)(H,49,56)(H,50,57)(H,51,58)(H,59,60)(H,61,62)(H,63,64)(H,65,66)/t35-,37+,38+,39+/m1/s1. The first-order valence-electron chi connectivity index (χ1n) is 24.0. The van der Waals surface area contributed by atoms with Crippen LogP contribution in [0.25, 0.3) is 0 Å². The highest BCUT2D eigenvalue weighted by molar-refractivity contribution is 5.88. The van der Waals surface area contributed by atoms with Gasteiger partial charge in [0.25, 0.3) is 0 Å². The summed E-state index contributed by atoms with van der Waals surface area (Å²) in [5, 5.41) is 47.4. The highest BCUT2D eigenvalue weighted by Crippen LogP contribution is 2.15. The zero-order chi connectivity index (χ0) is 51.1. The third-order valence-electron chi connectivity index (χ3n) is 10.9. The van der Waals surface area contributed by atoms with Crippen LogP contribution in [-0.2, 0) is 62.2 Å². The number of hydrogen-bond acceptors (Lipinski definition) is 13. The molecule has 388 valence electrons. The molecule has 0 saturated carbocycles. The van der Waals surface area contributed by atoms with E-state index in [2.05, 4.69) is 21.3 Å². The smallest absolute Gasteiger partial charge is 0.326 e. The van der Waals surface area contributed by atoms with E-state index in [4.69, 9.17) is 9.47 Å². The van der Waals surface area contributed by atoms with E-state index in [1.165, 1.54) is 51.9 Å². The number of ketones is 3. The molecular formula is C47H78N4O17. The number of carbonyl (C=O) groups is 11. The van der Waals surface area contributed by atoms with Crippen LogP contribution in [-0.4, -0.2) is 136 Å². The highest BCUT2D eigenvalue weighted by atomic mass is 16.5. The number of hydrogen-bond donors (Lipinski definition) is 8. The predicted molar refractivity (Wildman–Crippen MR) is 246 cm³/mol. The Bertz CT molecular complexity index is 1590. The van der Waals surface area contributed by atoms with Gasteiger partial charge >= 0.3 is 23.9 Å². The van der Waals surface area contributed by atoms with Crippen molar-refractivity contribution in [1.82, 2.24) is 21.3 Å². The van der Waals surface area contributed by atoms with Crippen molar-refractivity contribution >= 4 is 64.9 Å². The molecule has 0 rings (SSSR count). The van der Waals surface area contributed by atoms with Gasteiger partial charge in [-0.05, 0) is 52.4 Å².